The normalized spacial score (nSPS) is 22.4. The number of aromatic hydroxyl groups is 1. The number of phenols is 1. The number of piperidine rings is 1. The van der Waals surface area contributed by atoms with E-state index in [4.69, 9.17) is 4.74 Å². The molecule has 4 rings (SSSR count). The average Bonchev–Trinajstić information content (AvgIpc) is 2.76. The molecular formula is C25H34N2O2. The summed E-state index contributed by atoms with van der Waals surface area (Å²) in [5, 5.41) is 10.1. The Kier molecular flexibility index (Phi) is 5.73. The molecule has 0 aromatic heterocycles. The molecule has 2 aliphatic rings. The van der Waals surface area contributed by atoms with E-state index in [0.717, 1.165) is 37.4 Å². The van der Waals surface area contributed by atoms with Gasteiger partial charge in [-0.15, -0.1) is 0 Å². The number of hydrogen-bond acceptors (Lipinski definition) is 4. The van der Waals surface area contributed by atoms with Crippen LogP contribution >= 0.6 is 0 Å². The molecule has 2 aromatic rings. The molecule has 2 saturated heterocycles. The van der Waals surface area contributed by atoms with E-state index in [-0.39, 0.29) is 0 Å². The number of fused-ring (bicyclic) bond motifs is 1. The Morgan fingerprint density at radius 3 is 2.66 bits per heavy atom. The first kappa shape index (κ1) is 20.1. The van der Waals surface area contributed by atoms with E-state index in [1.165, 1.54) is 41.6 Å². The van der Waals surface area contributed by atoms with Crippen molar-refractivity contribution in [3.05, 3.63) is 52.6 Å². The highest BCUT2D eigenvalue weighted by molar-refractivity contribution is 5.54. The number of anilines is 1. The van der Waals surface area contributed by atoms with Gasteiger partial charge >= 0.3 is 0 Å². The minimum Gasteiger partial charge on any atom is -0.508 e. The van der Waals surface area contributed by atoms with E-state index in [0.29, 0.717) is 17.8 Å². The van der Waals surface area contributed by atoms with E-state index < -0.39 is 0 Å². The van der Waals surface area contributed by atoms with Gasteiger partial charge in [0.15, 0.2) is 0 Å². The summed E-state index contributed by atoms with van der Waals surface area (Å²) in [7, 11) is 1.77. The summed E-state index contributed by atoms with van der Waals surface area (Å²) in [4.78, 5) is 5.25. The lowest BCUT2D eigenvalue weighted by molar-refractivity contribution is 0.0712. The molecule has 1 N–H and O–H groups in total. The van der Waals surface area contributed by atoms with Gasteiger partial charge in [0.1, 0.15) is 11.5 Å². The van der Waals surface area contributed by atoms with Crippen LogP contribution < -0.4 is 9.64 Å². The molecular weight excluding hydrogens is 360 g/mol. The zero-order chi connectivity index (χ0) is 20.5. The number of hydrogen-bond donors (Lipinski definition) is 1. The quantitative estimate of drug-likeness (QED) is 0.792. The maximum atomic E-state index is 10.1. The lowest BCUT2D eigenvalue weighted by Crippen LogP contribution is -2.56. The van der Waals surface area contributed by atoms with E-state index in [1.54, 1.807) is 7.11 Å². The Labute approximate surface area is 175 Å². The number of nitrogens with zero attached hydrogens (tertiary/aromatic N) is 2. The molecule has 29 heavy (non-hydrogen) atoms. The van der Waals surface area contributed by atoms with Crippen molar-refractivity contribution in [1.29, 1.82) is 0 Å². The van der Waals surface area contributed by atoms with Crippen molar-refractivity contribution in [2.45, 2.75) is 58.5 Å². The highest BCUT2D eigenvalue weighted by Crippen LogP contribution is 2.40. The molecule has 0 bridgehead atoms. The molecule has 2 aromatic carbocycles. The van der Waals surface area contributed by atoms with Crippen LogP contribution in [0.4, 0.5) is 5.69 Å². The molecule has 4 nitrogen and oxygen atoms in total. The Morgan fingerprint density at radius 2 is 1.90 bits per heavy atom. The minimum absolute atomic E-state index is 0.410. The maximum Gasteiger partial charge on any atom is 0.124 e. The second kappa shape index (κ2) is 8.27. The fraction of sp³-hybridized carbons (Fsp3) is 0.520. The van der Waals surface area contributed by atoms with Gasteiger partial charge < -0.3 is 14.7 Å². The number of benzene rings is 2. The minimum atomic E-state index is 0.410. The fourth-order valence-corrected chi connectivity index (χ4v) is 5.23. The van der Waals surface area contributed by atoms with Crippen LogP contribution in [-0.2, 0) is 6.42 Å². The topological polar surface area (TPSA) is 35.9 Å². The van der Waals surface area contributed by atoms with Crippen molar-refractivity contribution in [3.8, 4) is 11.5 Å². The third-order valence-electron chi connectivity index (χ3n) is 7.12. The number of methoxy groups -OCH3 is 1. The van der Waals surface area contributed by atoms with Crippen molar-refractivity contribution in [1.82, 2.24) is 4.90 Å². The SMILES string of the molecule is CCc1ccc(N2CCN3C(CCC[C@@H]3c3ccc(O)c(C)c3C)C2)cc1OC. The highest BCUT2D eigenvalue weighted by Gasteiger charge is 2.36. The Morgan fingerprint density at radius 1 is 1.07 bits per heavy atom. The second-order valence-electron chi connectivity index (χ2n) is 8.56. The monoisotopic (exact) mass is 394 g/mol. The molecule has 0 saturated carbocycles. The first-order valence-electron chi connectivity index (χ1n) is 11.0. The molecule has 2 aliphatic heterocycles. The van der Waals surface area contributed by atoms with E-state index in [2.05, 4.69) is 47.9 Å². The summed E-state index contributed by atoms with van der Waals surface area (Å²) in [5.41, 5.74) is 6.21. The zero-order valence-corrected chi connectivity index (χ0v) is 18.2. The maximum absolute atomic E-state index is 10.1. The van der Waals surface area contributed by atoms with Gasteiger partial charge in [0.25, 0.3) is 0 Å². The molecule has 2 atom stereocenters. The fourth-order valence-electron chi connectivity index (χ4n) is 5.23. The predicted molar refractivity (Wildman–Crippen MR) is 119 cm³/mol. The van der Waals surface area contributed by atoms with Gasteiger partial charge in [-0.3, -0.25) is 4.90 Å². The van der Waals surface area contributed by atoms with Crippen molar-refractivity contribution in [3.63, 3.8) is 0 Å². The molecule has 2 fully saturated rings. The summed E-state index contributed by atoms with van der Waals surface area (Å²) in [5.74, 6) is 1.41. The van der Waals surface area contributed by atoms with Gasteiger partial charge in [-0.1, -0.05) is 19.1 Å². The average molecular weight is 395 g/mol. The molecule has 0 aliphatic carbocycles. The molecule has 0 spiro atoms. The number of piperazine rings is 1. The molecule has 156 valence electrons. The Bertz CT molecular complexity index is 879. The largest absolute Gasteiger partial charge is 0.508 e. The second-order valence-corrected chi connectivity index (χ2v) is 8.56. The lowest BCUT2D eigenvalue weighted by Gasteiger charge is -2.49. The van der Waals surface area contributed by atoms with Crippen molar-refractivity contribution < 1.29 is 9.84 Å². The van der Waals surface area contributed by atoms with Gasteiger partial charge in [0.05, 0.1) is 7.11 Å². The van der Waals surface area contributed by atoms with Crippen molar-refractivity contribution in [2.24, 2.45) is 0 Å². The smallest absolute Gasteiger partial charge is 0.124 e. The standard InChI is InChI=1S/C25H34N2O2/c1-5-19-9-10-20(15-25(19)29-4)26-13-14-27-21(16-26)7-6-8-23(27)22-11-12-24(28)18(3)17(22)2/h9-12,15,21,23,28H,5-8,13-14,16H2,1-4H3/t21?,23-/m1/s1. The number of aryl methyl sites for hydroxylation is 1. The van der Waals surface area contributed by atoms with Crippen LogP contribution in [0.5, 0.6) is 11.5 Å². The number of ether oxygens (including phenoxy) is 1. The third-order valence-corrected chi connectivity index (χ3v) is 7.12. The van der Waals surface area contributed by atoms with Crippen molar-refractivity contribution >= 4 is 5.69 Å². The van der Waals surface area contributed by atoms with E-state index >= 15 is 0 Å². The predicted octanol–water partition coefficient (Wildman–Crippen LogP) is 5.00. The van der Waals surface area contributed by atoms with Gasteiger partial charge in [-0.2, -0.15) is 0 Å². The summed E-state index contributed by atoms with van der Waals surface area (Å²) in [6.45, 7) is 9.54. The van der Waals surface area contributed by atoms with Crippen LogP contribution in [0.3, 0.4) is 0 Å². The van der Waals surface area contributed by atoms with Crippen LogP contribution in [0.25, 0.3) is 0 Å². The van der Waals surface area contributed by atoms with Crippen LogP contribution in [0, 0.1) is 13.8 Å². The van der Waals surface area contributed by atoms with E-state index in [9.17, 15) is 5.11 Å². The highest BCUT2D eigenvalue weighted by atomic mass is 16.5. The van der Waals surface area contributed by atoms with Gasteiger partial charge in [-0.05, 0) is 73.9 Å². The number of phenolic OH excluding ortho intramolecular Hbond substituents is 1. The van der Waals surface area contributed by atoms with Crippen LogP contribution in [0.1, 0.15) is 54.5 Å². The Balaban J connectivity index is 1.55. The first-order chi connectivity index (χ1) is 14.0. The molecule has 1 unspecified atom stereocenters. The van der Waals surface area contributed by atoms with Gasteiger partial charge in [0.2, 0.25) is 0 Å². The zero-order valence-electron chi connectivity index (χ0n) is 18.2. The van der Waals surface area contributed by atoms with Crippen molar-refractivity contribution in [2.75, 3.05) is 31.6 Å². The van der Waals surface area contributed by atoms with E-state index in [1.807, 2.05) is 13.0 Å². The van der Waals surface area contributed by atoms with Gasteiger partial charge in [-0.25, -0.2) is 0 Å². The van der Waals surface area contributed by atoms with Crippen LogP contribution in [0.15, 0.2) is 30.3 Å². The molecule has 0 radical (unpaired) electrons. The summed E-state index contributed by atoms with van der Waals surface area (Å²) >= 11 is 0. The summed E-state index contributed by atoms with van der Waals surface area (Å²) < 4.78 is 5.63. The van der Waals surface area contributed by atoms with Crippen LogP contribution in [-0.4, -0.2) is 42.8 Å². The lowest BCUT2D eigenvalue weighted by atomic mass is 9.86. The third kappa shape index (κ3) is 3.71. The van der Waals surface area contributed by atoms with Crippen LogP contribution in [0.2, 0.25) is 0 Å². The molecule has 4 heteroatoms. The molecule has 0 amide bonds. The summed E-state index contributed by atoms with van der Waals surface area (Å²) in [6.07, 6.45) is 4.72. The first-order valence-corrected chi connectivity index (χ1v) is 11.0. The number of rotatable bonds is 4. The Hall–Kier alpha value is -2.20. The summed E-state index contributed by atoms with van der Waals surface area (Å²) in [6, 6.07) is 11.7. The van der Waals surface area contributed by atoms with Gasteiger partial charge in [0, 0.05) is 43.5 Å². The molecule has 2 heterocycles.